The number of hydrogen-bond donors (Lipinski definition) is 2. The van der Waals surface area contributed by atoms with Crippen molar-refractivity contribution in [3.05, 3.63) is 34.7 Å². The van der Waals surface area contributed by atoms with Crippen LogP contribution in [-0.4, -0.2) is 45.9 Å². The Morgan fingerprint density at radius 1 is 1.27 bits per heavy atom. The number of piperidine rings is 1. The maximum atomic E-state index is 12.3. The molecule has 1 saturated heterocycles. The average molecular weight is 373 g/mol. The minimum Gasteiger partial charge on any atom is -0.481 e. The predicted molar refractivity (Wildman–Crippen MR) is 97.9 cm³/mol. The monoisotopic (exact) mass is 373 g/mol. The van der Waals surface area contributed by atoms with Crippen LogP contribution in [0.3, 0.4) is 0 Å². The van der Waals surface area contributed by atoms with E-state index in [2.05, 4.69) is 10.3 Å². The molecule has 0 aliphatic carbocycles. The van der Waals surface area contributed by atoms with Gasteiger partial charge in [0.05, 0.1) is 16.6 Å². The van der Waals surface area contributed by atoms with E-state index in [1.165, 1.54) is 4.90 Å². The van der Waals surface area contributed by atoms with E-state index in [1.807, 2.05) is 18.4 Å². The van der Waals surface area contributed by atoms with Gasteiger partial charge in [-0.1, -0.05) is 12.1 Å². The highest BCUT2D eigenvalue weighted by Gasteiger charge is 2.29. The van der Waals surface area contributed by atoms with E-state index in [0.29, 0.717) is 18.5 Å². The number of carbonyl (C=O) groups excluding carboxylic acids is 2. The number of amides is 2. The van der Waals surface area contributed by atoms with Gasteiger partial charge in [0.15, 0.2) is 0 Å². The molecule has 2 amide bonds. The molecule has 1 aliphatic rings. The molecule has 0 atom stereocenters. The van der Waals surface area contributed by atoms with Crippen LogP contribution in [0.25, 0.3) is 11.3 Å². The maximum Gasteiger partial charge on any atom is 0.313 e. The summed E-state index contributed by atoms with van der Waals surface area (Å²) in [7, 11) is 0. The number of carboxylic acids is 1. The summed E-state index contributed by atoms with van der Waals surface area (Å²) in [5.41, 5.74) is 2.21. The van der Waals surface area contributed by atoms with Gasteiger partial charge in [0.1, 0.15) is 0 Å². The van der Waals surface area contributed by atoms with Crippen molar-refractivity contribution in [2.75, 3.05) is 18.4 Å². The first-order valence-corrected chi connectivity index (χ1v) is 9.17. The van der Waals surface area contributed by atoms with Crippen LogP contribution >= 0.6 is 11.3 Å². The van der Waals surface area contributed by atoms with Crippen LogP contribution < -0.4 is 5.32 Å². The molecule has 2 aromatic rings. The Hall–Kier alpha value is -2.74. The lowest BCUT2D eigenvalue weighted by Crippen LogP contribution is -2.45. The Morgan fingerprint density at radius 2 is 2.00 bits per heavy atom. The molecular formula is C18H19N3O4S. The number of rotatable bonds is 3. The molecule has 0 bridgehead atoms. The highest BCUT2D eigenvalue weighted by Crippen LogP contribution is 2.24. The smallest absolute Gasteiger partial charge is 0.313 e. The number of nitrogens with one attached hydrogen (secondary N) is 1. The quantitative estimate of drug-likeness (QED) is 0.805. The molecule has 1 fully saturated rings. The van der Waals surface area contributed by atoms with Gasteiger partial charge >= 0.3 is 17.8 Å². The van der Waals surface area contributed by atoms with Crippen LogP contribution in [0.2, 0.25) is 0 Å². The van der Waals surface area contributed by atoms with Crippen molar-refractivity contribution in [1.82, 2.24) is 9.88 Å². The second-order valence-electron chi connectivity index (χ2n) is 6.19. The van der Waals surface area contributed by atoms with Crippen molar-refractivity contribution in [3.8, 4) is 11.3 Å². The number of nitrogens with zero attached hydrogens (tertiary/aromatic N) is 2. The molecule has 8 heteroatoms. The predicted octanol–water partition coefficient (Wildman–Crippen LogP) is 2.38. The summed E-state index contributed by atoms with van der Waals surface area (Å²) in [6.07, 6.45) is 0.736. The number of aromatic nitrogens is 1. The first-order valence-electron chi connectivity index (χ1n) is 8.29. The number of carboxylic acid groups (broad SMARTS) is 1. The number of benzene rings is 1. The van der Waals surface area contributed by atoms with E-state index in [9.17, 15) is 14.4 Å². The van der Waals surface area contributed by atoms with Crippen molar-refractivity contribution < 1.29 is 19.5 Å². The summed E-state index contributed by atoms with van der Waals surface area (Å²) in [5, 5.41) is 14.5. The van der Waals surface area contributed by atoms with Crippen LogP contribution in [0, 0.1) is 12.8 Å². The van der Waals surface area contributed by atoms with Gasteiger partial charge in [-0.3, -0.25) is 14.4 Å². The molecule has 0 saturated carbocycles. The third-order valence-electron chi connectivity index (χ3n) is 4.36. The lowest BCUT2D eigenvalue weighted by molar-refractivity contribution is -0.148. The topological polar surface area (TPSA) is 99.6 Å². The number of aliphatic carboxylic acids is 1. The zero-order valence-electron chi connectivity index (χ0n) is 14.3. The number of anilines is 1. The summed E-state index contributed by atoms with van der Waals surface area (Å²) in [6, 6.07) is 7.17. The number of thiazole rings is 1. The minimum absolute atomic E-state index is 0.279. The van der Waals surface area contributed by atoms with Crippen LogP contribution in [0.15, 0.2) is 29.6 Å². The van der Waals surface area contributed by atoms with Crippen LogP contribution in [0.1, 0.15) is 17.8 Å². The molecule has 0 radical (unpaired) electrons. The first-order chi connectivity index (χ1) is 12.4. The van der Waals surface area contributed by atoms with Crippen molar-refractivity contribution in [1.29, 1.82) is 0 Å². The summed E-state index contributed by atoms with van der Waals surface area (Å²) in [4.78, 5) is 41.3. The Bertz CT molecular complexity index is 840. The fraction of sp³-hybridized carbons (Fsp3) is 0.333. The van der Waals surface area contributed by atoms with Crippen LogP contribution in [0.5, 0.6) is 0 Å². The van der Waals surface area contributed by atoms with Gasteiger partial charge in [0.2, 0.25) is 0 Å². The third-order valence-corrected chi connectivity index (χ3v) is 5.13. The van der Waals surface area contributed by atoms with E-state index in [0.717, 1.165) is 16.3 Å². The van der Waals surface area contributed by atoms with Crippen molar-refractivity contribution >= 4 is 34.8 Å². The van der Waals surface area contributed by atoms with Crippen molar-refractivity contribution in [2.45, 2.75) is 19.8 Å². The standard InChI is InChI=1S/C18H19N3O4S/c1-11-19-15(10-26-11)13-3-2-4-14(9-13)20-16(22)17(23)21-7-5-12(6-8-21)18(24)25/h2-4,9-10,12H,5-8H2,1H3,(H,20,22)(H,24,25). The van der Waals surface area contributed by atoms with Gasteiger partial charge in [-0.05, 0) is 31.9 Å². The van der Waals surface area contributed by atoms with E-state index in [-0.39, 0.29) is 13.1 Å². The molecule has 2 N–H and O–H groups in total. The Morgan fingerprint density at radius 3 is 2.62 bits per heavy atom. The highest BCUT2D eigenvalue weighted by molar-refractivity contribution is 7.09. The summed E-state index contributed by atoms with van der Waals surface area (Å²) < 4.78 is 0. The van der Waals surface area contributed by atoms with Crippen LogP contribution in [-0.2, 0) is 14.4 Å². The molecule has 1 aliphatic heterocycles. The lowest BCUT2D eigenvalue weighted by atomic mass is 9.97. The van der Waals surface area contributed by atoms with Gasteiger partial charge in [0, 0.05) is 29.7 Å². The van der Waals surface area contributed by atoms with E-state index in [1.54, 1.807) is 29.5 Å². The summed E-state index contributed by atoms with van der Waals surface area (Å²) in [5.74, 6) is -2.65. The Balaban J connectivity index is 1.63. The zero-order chi connectivity index (χ0) is 18.7. The highest BCUT2D eigenvalue weighted by atomic mass is 32.1. The fourth-order valence-electron chi connectivity index (χ4n) is 2.91. The maximum absolute atomic E-state index is 12.3. The van der Waals surface area contributed by atoms with E-state index < -0.39 is 23.7 Å². The molecule has 3 rings (SSSR count). The lowest BCUT2D eigenvalue weighted by Gasteiger charge is -2.29. The number of likely N-dealkylation sites (tertiary alicyclic amines) is 1. The van der Waals surface area contributed by atoms with Crippen molar-refractivity contribution in [3.63, 3.8) is 0 Å². The molecular weight excluding hydrogens is 354 g/mol. The van der Waals surface area contributed by atoms with Crippen molar-refractivity contribution in [2.24, 2.45) is 5.92 Å². The van der Waals surface area contributed by atoms with Gasteiger partial charge in [-0.15, -0.1) is 11.3 Å². The largest absolute Gasteiger partial charge is 0.481 e. The molecule has 7 nitrogen and oxygen atoms in total. The normalized spacial score (nSPS) is 14.9. The number of aryl methyl sites for hydroxylation is 1. The molecule has 1 aromatic carbocycles. The number of hydrogen-bond acceptors (Lipinski definition) is 5. The summed E-state index contributed by atoms with van der Waals surface area (Å²) in [6.45, 7) is 2.48. The van der Waals surface area contributed by atoms with Gasteiger partial charge in [-0.25, -0.2) is 4.98 Å². The van der Waals surface area contributed by atoms with E-state index in [4.69, 9.17) is 5.11 Å². The fourth-order valence-corrected chi connectivity index (χ4v) is 3.53. The van der Waals surface area contributed by atoms with Gasteiger partial charge < -0.3 is 15.3 Å². The number of carbonyl (C=O) groups is 3. The minimum atomic E-state index is -0.851. The molecule has 26 heavy (non-hydrogen) atoms. The second kappa shape index (κ2) is 7.65. The second-order valence-corrected chi connectivity index (χ2v) is 7.25. The first kappa shape index (κ1) is 18.1. The van der Waals surface area contributed by atoms with Gasteiger partial charge in [-0.2, -0.15) is 0 Å². The third kappa shape index (κ3) is 4.08. The molecule has 2 heterocycles. The Kier molecular flexibility index (Phi) is 5.32. The molecule has 0 spiro atoms. The zero-order valence-corrected chi connectivity index (χ0v) is 15.1. The SMILES string of the molecule is Cc1nc(-c2cccc(NC(=O)C(=O)N3CCC(C(=O)O)CC3)c2)cs1. The molecule has 0 unspecified atom stereocenters. The van der Waals surface area contributed by atoms with Gasteiger partial charge in [0.25, 0.3) is 0 Å². The van der Waals surface area contributed by atoms with E-state index >= 15 is 0 Å². The Labute approximate surface area is 154 Å². The molecule has 1 aromatic heterocycles. The average Bonchev–Trinajstić information content (AvgIpc) is 3.08. The summed E-state index contributed by atoms with van der Waals surface area (Å²) >= 11 is 1.54. The molecule has 136 valence electrons. The van der Waals surface area contributed by atoms with Crippen LogP contribution in [0.4, 0.5) is 5.69 Å².